The molecule has 0 unspecified atom stereocenters. The van der Waals surface area contributed by atoms with Gasteiger partial charge in [-0.2, -0.15) is 4.98 Å². The molecule has 1 rings (SSSR count). The standard InChI is InChI=1S/C10H19N5O2/c1-4-15(5-7(11)16)6-8-13-9(14-17-8)10(2,3)12/h4-6,12H2,1-3H3,(H2,11,16). The summed E-state index contributed by atoms with van der Waals surface area (Å²) in [5.41, 5.74) is 10.3. The molecule has 0 aliphatic rings. The Morgan fingerprint density at radius 3 is 2.59 bits per heavy atom. The number of nitrogens with zero attached hydrogens (tertiary/aromatic N) is 3. The first-order valence-electron chi connectivity index (χ1n) is 5.45. The molecule has 0 spiro atoms. The zero-order chi connectivity index (χ0) is 13.1. The van der Waals surface area contributed by atoms with Crippen molar-refractivity contribution in [3.05, 3.63) is 11.7 Å². The Morgan fingerprint density at radius 2 is 2.18 bits per heavy atom. The van der Waals surface area contributed by atoms with E-state index in [1.54, 1.807) is 13.8 Å². The Labute approximate surface area is 100 Å². The topological polar surface area (TPSA) is 111 Å². The maximum Gasteiger partial charge on any atom is 0.240 e. The molecule has 0 atom stereocenters. The Bertz CT molecular complexity index is 382. The summed E-state index contributed by atoms with van der Waals surface area (Å²) < 4.78 is 5.07. The summed E-state index contributed by atoms with van der Waals surface area (Å²) in [6.07, 6.45) is 0. The summed E-state index contributed by atoms with van der Waals surface area (Å²) >= 11 is 0. The number of likely N-dealkylation sites (N-methyl/N-ethyl adjacent to an activating group) is 1. The number of nitrogens with two attached hydrogens (primary N) is 2. The van der Waals surface area contributed by atoms with Gasteiger partial charge >= 0.3 is 0 Å². The van der Waals surface area contributed by atoms with E-state index in [2.05, 4.69) is 10.1 Å². The van der Waals surface area contributed by atoms with Crippen LogP contribution in [0.4, 0.5) is 0 Å². The zero-order valence-corrected chi connectivity index (χ0v) is 10.4. The number of hydrogen-bond acceptors (Lipinski definition) is 6. The molecule has 96 valence electrons. The van der Waals surface area contributed by atoms with Crippen molar-refractivity contribution >= 4 is 5.91 Å². The Morgan fingerprint density at radius 1 is 1.53 bits per heavy atom. The van der Waals surface area contributed by atoms with E-state index < -0.39 is 5.54 Å². The highest BCUT2D eigenvalue weighted by Crippen LogP contribution is 2.13. The minimum absolute atomic E-state index is 0.167. The largest absolute Gasteiger partial charge is 0.369 e. The second kappa shape index (κ2) is 5.24. The van der Waals surface area contributed by atoms with Crippen molar-refractivity contribution in [3.63, 3.8) is 0 Å². The molecule has 7 heteroatoms. The minimum Gasteiger partial charge on any atom is -0.369 e. The molecule has 4 N–H and O–H groups in total. The van der Waals surface area contributed by atoms with Crippen LogP contribution in [-0.4, -0.2) is 34.0 Å². The maximum absolute atomic E-state index is 10.8. The van der Waals surface area contributed by atoms with Crippen LogP contribution in [0.5, 0.6) is 0 Å². The van der Waals surface area contributed by atoms with Crippen molar-refractivity contribution in [3.8, 4) is 0 Å². The summed E-state index contributed by atoms with van der Waals surface area (Å²) in [7, 11) is 0. The van der Waals surface area contributed by atoms with Crippen molar-refractivity contribution in [2.24, 2.45) is 11.5 Å². The molecule has 0 saturated heterocycles. The number of rotatable bonds is 6. The quantitative estimate of drug-likeness (QED) is 0.699. The fraction of sp³-hybridized carbons (Fsp3) is 0.700. The molecule has 17 heavy (non-hydrogen) atoms. The average molecular weight is 241 g/mol. The molecular weight excluding hydrogens is 222 g/mol. The van der Waals surface area contributed by atoms with Crippen LogP contribution in [-0.2, 0) is 16.9 Å². The van der Waals surface area contributed by atoms with Crippen molar-refractivity contribution in [1.29, 1.82) is 0 Å². The van der Waals surface area contributed by atoms with E-state index in [0.717, 1.165) is 0 Å². The van der Waals surface area contributed by atoms with Crippen molar-refractivity contribution in [2.75, 3.05) is 13.1 Å². The lowest BCUT2D eigenvalue weighted by Crippen LogP contribution is -2.33. The third kappa shape index (κ3) is 4.12. The van der Waals surface area contributed by atoms with Crippen LogP contribution < -0.4 is 11.5 Å². The second-order valence-electron chi connectivity index (χ2n) is 4.50. The molecule has 1 amide bonds. The van der Waals surface area contributed by atoms with E-state index in [0.29, 0.717) is 24.8 Å². The van der Waals surface area contributed by atoms with Gasteiger partial charge in [-0.15, -0.1) is 0 Å². The predicted octanol–water partition coefficient (Wildman–Crippen LogP) is -0.429. The van der Waals surface area contributed by atoms with E-state index in [1.165, 1.54) is 0 Å². The molecule has 0 aromatic carbocycles. The number of carbonyl (C=O) groups is 1. The Kier molecular flexibility index (Phi) is 4.19. The zero-order valence-electron chi connectivity index (χ0n) is 10.4. The summed E-state index contributed by atoms with van der Waals surface area (Å²) in [6, 6.07) is 0. The minimum atomic E-state index is -0.636. The van der Waals surface area contributed by atoms with Crippen molar-refractivity contribution in [2.45, 2.75) is 32.9 Å². The molecule has 0 bridgehead atoms. The number of aromatic nitrogens is 2. The van der Waals surface area contributed by atoms with Gasteiger partial charge in [0.15, 0.2) is 5.82 Å². The Hall–Kier alpha value is -1.47. The van der Waals surface area contributed by atoms with E-state index in [1.807, 2.05) is 11.8 Å². The number of carbonyl (C=O) groups excluding carboxylic acids is 1. The van der Waals surface area contributed by atoms with Gasteiger partial charge in [-0.1, -0.05) is 12.1 Å². The number of primary amides is 1. The fourth-order valence-corrected chi connectivity index (χ4v) is 1.27. The summed E-state index contributed by atoms with van der Waals surface area (Å²) in [4.78, 5) is 16.8. The lowest BCUT2D eigenvalue weighted by atomic mass is 10.1. The van der Waals surface area contributed by atoms with Gasteiger partial charge in [0.25, 0.3) is 0 Å². The normalized spacial score (nSPS) is 12.1. The van der Waals surface area contributed by atoms with E-state index >= 15 is 0 Å². The third-order valence-electron chi connectivity index (χ3n) is 2.23. The van der Waals surface area contributed by atoms with Gasteiger partial charge in [-0.05, 0) is 20.4 Å². The highest BCUT2D eigenvalue weighted by Gasteiger charge is 2.22. The molecule has 0 saturated carbocycles. The first-order valence-corrected chi connectivity index (χ1v) is 5.45. The van der Waals surface area contributed by atoms with Gasteiger partial charge in [-0.3, -0.25) is 9.69 Å². The van der Waals surface area contributed by atoms with Gasteiger partial charge in [0.05, 0.1) is 18.6 Å². The monoisotopic (exact) mass is 241 g/mol. The predicted molar refractivity (Wildman–Crippen MR) is 61.7 cm³/mol. The van der Waals surface area contributed by atoms with Crippen LogP contribution in [0.1, 0.15) is 32.5 Å². The van der Waals surface area contributed by atoms with Gasteiger partial charge in [0.1, 0.15) is 0 Å². The smallest absolute Gasteiger partial charge is 0.240 e. The highest BCUT2D eigenvalue weighted by molar-refractivity contribution is 5.75. The maximum atomic E-state index is 10.8. The molecule has 0 fully saturated rings. The lowest BCUT2D eigenvalue weighted by molar-refractivity contribution is -0.119. The highest BCUT2D eigenvalue weighted by atomic mass is 16.5. The lowest BCUT2D eigenvalue weighted by Gasteiger charge is -2.15. The van der Waals surface area contributed by atoms with Gasteiger partial charge in [-0.25, -0.2) is 0 Å². The van der Waals surface area contributed by atoms with Crippen LogP contribution in [0.15, 0.2) is 4.52 Å². The molecule has 1 aromatic rings. The average Bonchev–Trinajstić information content (AvgIpc) is 2.63. The van der Waals surface area contributed by atoms with Gasteiger partial charge < -0.3 is 16.0 Å². The summed E-state index contributed by atoms with van der Waals surface area (Å²) in [5.74, 6) is 0.495. The number of amides is 1. The third-order valence-corrected chi connectivity index (χ3v) is 2.23. The molecule has 0 aliphatic carbocycles. The van der Waals surface area contributed by atoms with Crippen LogP contribution in [0.2, 0.25) is 0 Å². The van der Waals surface area contributed by atoms with E-state index in [-0.39, 0.29) is 12.5 Å². The summed E-state index contributed by atoms with van der Waals surface area (Å²) in [6.45, 7) is 6.74. The van der Waals surface area contributed by atoms with E-state index in [9.17, 15) is 4.79 Å². The molecular formula is C10H19N5O2. The molecule has 0 aliphatic heterocycles. The van der Waals surface area contributed by atoms with Gasteiger partial charge in [0.2, 0.25) is 11.8 Å². The molecule has 0 radical (unpaired) electrons. The van der Waals surface area contributed by atoms with Crippen LogP contribution >= 0.6 is 0 Å². The SMILES string of the molecule is CCN(CC(N)=O)Cc1nc(C(C)(C)N)no1. The molecule has 1 aromatic heterocycles. The number of hydrogen-bond donors (Lipinski definition) is 2. The van der Waals surface area contributed by atoms with Crippen molar-refractivity contribution < 1.29 is 9.32 Å². The van der Waals surface area contributed by atoms with Crippen LogP contribution in [0, 0.1) is 0 Å². The first-order chi connectivity index (χ1) is 7.82. The van der Waals surface area contributed by atoms with E-state index in [4.69, 9.17) is 16.0 Å². The summed E-state index contributed by atoms with van der Waals surface area (Å²) in [5, 5.41) is 3.80. The first kappa shape index (κ1) is 13.6. The Balaban J connectivity index is 2.68. The van der Waals surface area contributed by atoms with Gasteiger partial charge in [0, 0.05) is 0 Å². The van der Waals surface area contributed by atoms with Crippen LogP contribution in [0.25, 0.3) is 0 Å². The molecule has 1 heterocycles. The molecule has 7 nitrogen and oxygen atoms in total. The van der Waals surface area contributed by atoms with Crippen LogP contribution in [0.3, 0.4) is 0 Å². The fourth-order valence-electron chi connectivity index (χ4n) is 1.27. The second-order valence-corrected chi connectivity index (χ2v) is 4.50. The van der Waals surface area contributed by atoms with Crippen molar-refractivity contribution in [1.82, 2.24) is 15.0 Å².